The van der Waals surface area contributed by atoms with Crippen molar-refractivity contribution >= 4 is 0 Å². The van der Waals surface area contributed by atoms with E-state index in [9.17, 15) is 5.11 Å². The van der Waals surface area contributed by atoms with Gasteiger partial charge in [0.25, 0.3) is 0 Å². The average molecular weight is 923 g/mol. The van der Waals surface area contributed by atoms with Crippen LogP contribution in [0.15, 0.2) is 194 Å². The Morgan fingerprint density at radius 3 is 1.32 bits per heavy atom. The lowest BCUT2D eigenvalue weighted by atomic mass is 9.74. The normalized spacial score (nSPS) is 16.1. The van der Waals surface area contributed by atoms with Gasteiger partial charge in [0.15, 0.2) is 23.2 Å². The second-order valence-corrected chi connectivity index (χ2v) is 16.5. The molecule has 1 N–H and O–H groups in total. The summed E-state index contributed by atoms with van der Waals surface area (Å²) in [6.07, 6.45) is -2.23. The molecule has 0 fully saturated rings. The molecule has 1 heterocycles. The zero-order chi connectivity index (χ0) is 47.4. The van der Waals surface area contributed by atoms with Crippen molar-refractivity contribution in [2.24, 2.45) is 0 Å². The molecule has 9 rings (SSSR count). The first-order chi connectivity index (χ1) is 33.9. The first-order valence-corrected chi connectivity index (χ1v) is 22.8. The van der Waals surface area contributed by atoms with Gasteiger partial charge in [-0.25, -0.2) is 0 Å². The maximum atomic E-state index is 14.4. The van der Waals surface area contributed by atoms with Crippen LogP contribution in [0.2, 0.25) is 0 Å². The summed E-state index contributed by atoms with van der Waals surface area (Å²) < 4.78 is 58.8. The van der Waals surface area contributed by atoms with Gasteiger partial charge in [-0.05, 0) is 45.5 Å². The maximum Gasteiger partial charge on any atom is 0.162 e. The number of fused-ring (bicyclic) bond motifs is 1. The van der Waals surface area contributed by atoms with Crippen molar-refractivity contribution in [3.05, 3.63) is 239 Å². The van der Waals surface area contributed by atoms with E-state index < -0.39 is 17.8 Å². The van der Waals surface area contributed by atoms with Crippen molar-refractivity contribution in [1.82, 2.24) is 0 Å². The number of hydrogen-bond acceptors (Lipinski definition) is 10. The lowest BCUT2D eigenvalue weighted by Gasteiger charge is -2.46. The van der Waals surface area contributed by atoms with Gasteiger partial charge in [0.1, 0.15) is 67.0 Å². The first kappa shape index (κ1) is 46.2. The van der Waals surface area contributed by atoms with Crippen LogP contribution in [0.1, 0.15) is 50.6 Å². The van der Waals surface area contributed by atoms with Crippen molar-refractivity contribution in [3.63, 3.8) is 0 Å². The Kier molecular flexibility index (Phi) is 14.6. The molecule has 69 heavy (non-hydrogen) atoms. The molecule has 10 nitrogen and oxygen atoms in total. The minimum Gasteiger partial charge on any atom is -0.496 e. The number of ether oxygens (including phenoxy) is 9. The smallest absolute Gasteiger partial charge is 0.162 e. The van der Waals surface area contributed by atoms with Crippen LogP contribution >= 0.6 is 0 Å². The Morgan fingerprint density at radius 1 is 0.406 bits per heavy atom. The van der Waals surface area contributed by atoms with Gasteiger partial charge in [-0.2, -0.15) is 0 Å². The van der Waals surface area contributed by atoms with E-state index >= 15 is 0 Å². The summed E-state index contributed by atoms with van der Waals surface area (Å²) in [6, 6.07) is 62.0. The molecular weight excluding hydrogens is 869 g/mol. The fraction of sp³-hybridized carbons (Fsp3) is 0.186. The Balaban J connectivity index is 1.25. The molecule has 0 bridgehead atoms. The van der Waals surface area contributed by atoms with Gasteiger partial charge in [0, 0.05) is 24.3 Å². The lowest BCUT2D eigenvalue weighted by Crippen LogP contribution is -2.51. The van der Waals surface area contributed by atoms with E-state index in [1.54, 1.807) is 31.4 Å². The topological polar surface area (TPSA) is 103 Å². The largest absolute Gasteiger partial charge is 0.496 e. The molecular formula is C59H54O10. The number of hydrogen-bond donors (Lipinski definition) is 1. The Hall–Kier alpha value is -7.92. The zero-order valence-corrected chi connectivity index (χ0v) is 38.8. The molecule has 1 aliphatic heterocycles. The summed E-state index contributed by atoms with van der Waals surface area (Å²) >= 11 is 0. The van der Waals surface area contributed by atoms with Crippen LogP contribution in [0.4, 0.5) is 0 Å². The van der Waals surface area contributed by atoms with Crippen LogP contribution in [0.3, 0.4) is 0 Å². The molecule has 0 aromatic heterocycles. The second-order valence-electron chi connectivity index (χ2n) is 16.5. The third-order valence-electron chi connectivity index (χ3n) is 12.0. The SMILES string of the molecule is COc1cc(OC)c([C@]2(O)c3c(OCc4ccccc4)cc(OCc4ccccc4)cc3O[C@H](c3ccc(OCc4ccccc4)c(OCc4ccccc4)c3)[C@H]2OCc2ccccc2)c(OC)c1. The van der Waals surface area contributed by atoms with Crippen molar-refractivity contribution in [1.29, 1.82) is 0 Å². The van der Waals surface area contributed by atoms with Gasteiger partial charge < -0.3 is 47.7 Å². The van der Waals surface area contributed by atoms with Crippen molar-refractivity contribution in [2.45, 2.75) is 50.8 Å². The van der Waals surface area contributed by atoms with Gasteiger partial charge in [-0.15, -0.1) is 0 Å². The molecule has 0 unspecified atom stereocenters. The highest BCUT2D eigenvalue weighted by Gasteiger charge is 2.57. The van der Waals surface area contributed by atoms with Crippen molar-refractivity contribution in [3.8, 4) is 46.0 Å². The number of benzene rings is 8. The van der Waals surface area contributed by atoms with Crippen LogP contribution < -0.4 is 37.9 Å². The molecule has 8 aromatic carbocycles. The quantitative estimate of drug-likeness (QED) is 0.0795. The molecule has 8 aromatic rings. The highest BCUT2D eigenvalue weighted by Crippen LogP contribution is 2.59. The van der Waals surface area contributed by atoms with Gasteiger partial charge >= 0.3 is 0 Å². The summed E-state index contributed by atoms with van der Waals surface area (Å²) in [6.45, 7) is 1.10. The highest BCUT2D eigenvalue weighted by molar-refractivity contribution is 5.65. The molecule has 0 radical (unpaired) electrons. The van der Waals surface area contributed by atoms with Crippen molar-refractivity contribution < 1.29 is 47.7 Å². The molecule has 1 aliphatic rings. The Bertz CT molecular complexity index is 2870. The Morgan fingerprint density at radius 2 is 0.841 bits per heavy atom. The van der Waals surface area contributed by atoms with Gasteiger partial charge in [-0.3, -0.25) is 0 Å². The lowest BCUT2D eigenvalue weighted by molar-refractivity contribution is -0.158. The molecule has 0 saturated heterocycles. The monoisotopic (exact) mass is 922 g/mol. The minimum absolute atomic E-state index is 0.0951. The third-order valence-corrected chi connectivity index (χ3v) is 12.0. The van der Waals surface area contributed by atoms with Gasteiger partial charge in [0.2, 0.25) is 0 Å². The molecule has 3 atom stereocenters. The molecule has 10 heteroatoms. The fourth-order valence-electron chi connectivity index (χ4n) is 8.53. The summed E-state index contributed by atoms with van der Waals surface area (Å²) in [7, 11) is 4.64. The Labute approximate surface area is 403 Å². The van der Waals surface area contributed by atoms with E-state index in [0.29, 0.717) is 40.9 Å². The van der Waals surface area contributed by atoms with Crippen LogP contribution in [0, 0.1) is 0 Å². The van der Waals surface area contributed by atoms with E-state index in [2.05, 4.69) is 0 Å². The zero-order valence-electron chi connectivity index (χ0n) is 38.8. The summed E-state index contributed by atoms with van der Waals surface area (Å²) in [5, 5.41) is 14.4. The number of rotatable bonds is 20. The second kappa shape index (κ2) is 21.8. The molecule has 350 valence electrons. The van der Waals surface area contributed by atoms with Crippen LogP contribution in [-0.4, -0.2) is 32.5 Å². The highest BCUT2D eigenvalue weighted by atomic mass is 16.6. The molecule has 0 spiro atoms. The van der Waals surface area contributed by atoms with Gasteiger partial charge in [-0.1, -0.05) is 158 Å². The van der Waals surface area contributed by atoms with Crippen LogP contribution in [-0.2, 0) is 43.4 Å². The fourth-order valence-corrected chi connectivity index (χ4v) is 8.53. The van der Waals surface area contributed by atoms with E-state index in [1.165, 1.54) is 14.2 Å². The van der Waals surface area contributed by atoms with E-state index in [1.807, 2.05) is 170 Å². The van der Waals surface area contributed by atoms with Crippen LogP contribution in [0.25, 0.3) is 0 Å². The predicted octanol–water partition coefficient (Wildman–Crippen LogP) is 12.0. The number of aliphatic hydroxyl groups is 1. The molecule has 0 amide bonds. The minimum atomic E-state index is -2.13. The summed E-state index contributed by atoms with van der Waals surface area (Å²) in [5.41, 5.74) is 3.78. The third kappa shape index (κ3) is 10.6. The standard InChI is InChI=1S/C59H54O10/c1-61-47-32-51(62-2)55(52(33-47)63-3)59(60)56-53(67-39-44-25-15-7-16-26-44)34-48(64-36-41-19-9-4-10-20-41)35-54(56)69-57(58(59)68-40-45-27-17-8-18-28-45)46-29-30-49(65-37-42-21-11-5-12-22-42)50(31-46)66-38-43-23-13-6-14-24-43/h4-35,57-58,60H,36-40H2,1-3H3/t57-,58-,59+/m1/s1. The van der Waals surface area contributed by atoms with Gasteiger partial charge in [0.05, 0.1) is 39.1 Å². The van der Waals surface area contributed by atoms with E-state index in [4.69, 9.17) is 42.6 Å². The van der Waals surface area contributed by atoms with E-state index in [0.717, 1.165) is 27.8 Å². The predicted molar refractivity (Wildman–Crippen MR) is 263 cm³/mol. The maximum absolute atomic E-state index is 14.4. The summed E-state index contributed by atoms with van der Waals surface area (Å²) in [5.74, 6) is 3.05. The molecule has 0 aliphatic carbocycles. The van der Waals surface area contributed by atoms with Crippen molar-refractivity contribution in [2.75, 3.05) is 21.3 Å². The van der Waals surface area contributed by atoms with E-state index in [-0.39, 0.29) is 54.8 Å². The molecule has 0 saturated carbocycles. The van der Waals surface area contributed by atoms with Crippen LogP contribution in [0.5, 0.6) is 46.0 Å². The summed E-state index contributed by atoms with van der Waals surface area (Å²) in [4.78, 5) is 0. The first-order valence-electron chi connectivity index (χ1n) is 22.8. The number of methoxy groups -OCH3 is 3. The average Bonchev–Trinajstić information content (AvgIpc) is 3.41.